The number of amides is 1. The van der Waals surface area contributed by atoms with E-state index in [9.17, 15) is 9.18 Å². The maximum atomic E-state index is 13.1. The van der Waals surface area contributed by atoms with Gasteiger partial charge >= 0.3 is 0 Å². The minimum absolute atomic E-state index is 0.137. The molecule has 1 saturated heterocycles. The Labute approximate surface area is 136 Å². The fourth-order valence-electron chi connectivity index (χ4n) is 2.78. The SMILES string of the molecule is O=C(c1cnn2cccnc12)N1CCC(Oc2cccc(F)n2)C1. The number of rotatable bonds is 3. The van der Waals surface area contributed by atoms with Crippen LogP contribution < -0.4 is 4.74 Å². The molecule has 4 rings (SSSR count). The zero-order valence-electron chi connectivity index (χ0n) is 12.7. The normalized spacial score (nSPS) is 17.4. The van der Waals surface area contributed by atoms with Gasteiger partial charge in [-0.15, -0.1) is 0 Å². The van der Waals surface area contributed by atoms with Crippen molar-refractivity contribution in [3.8, 4) is 5.88 Å². The largest absolute Gasteiger partial charge is 0.472 e. The molecule has 4 heterocycles. The van der Waals surface area contributed by atoms with Crippen molar-refractivity contribution in [2.45, 2.75) is 12.5 Å². The smallest absolute Gasteiger partial charge is 0.259 e. The molecule has 3 aromatic heterocycles. The number of aromatic nitrogens is 4. The van der Waals surface area contributed by atoms with Gasteiger partial charge in [0.25, 0.3) is 5.91 Å². The summed E-state index contributed by atoms with van der Waals surface area (Å²) in [7, 11) is 0. The highest BCUT2D eigenvalue weighted by atomic mass is 19.1. The van der Waals surface area contributed by atoms with Gasteiger partial charge in [-0.25, -0.2) is 9.50 Å². The number of ether oxygens (including phenoxy) is 1. The number of fused-ring (bicyclic) bond motifs is 1. The summed E-state index contributed by atoms with van der Waals surface area (Å²) in [5, 5.41) is 4.13. The third kappa shape index (κ3) is 2.66. The first-order chi connectivity index (χ1) is 11.7. The third-order valence-electron chi connectivity index (χ3n) is 3.92. The summed E-state index contributed by atoms with van der Waals surface area (Å²) in [6.07, 6.45) is 5.34. The first-order valence-corrected chi connectivity index (χ1v) is 7.57. The molecular formula is C16H14FN5O2. The van der Waals surface area contributed by atoms with Crippen LogP contribution in [0, 0.1) is 5.95 Å². The molecule has 0 aliphatic carbocycles. The van der Waals surface area contributed by atoms with Crippen LogP contribution in [0.5, 0.6) is 5.88 Å². The van der Waals surface area contributed by atoms with Crippen LogP contribution in [0.1, 0.15) is 16.8 Å². The second-order valence-electron chi connectivity index (χ2n) is 5.52. The van der Waals surface area contributed by atoms with Gasteiger partial charge in [0, 0.05) is 31.4 Å². The summed E-state index contributed by atoms with van der Waals surface area (Å²) in [6, 6.07) is 6.15. The van der Waals surface area contributed by atoms with Crippen molar-refractivity contribution in [3.63, 3.8) is 0 Å². The summed E-state index contributed by atoms with van der Waals surface area (Å²) in [6.45, 7) is 0.976. The average molecular weight is 327 g/mol. The van der Waals surface area contributed by atoms with E-state index in [2.05, 4.69) is 15.1 Å². The van der Waals surface area contributed by atoms with Crippen LogP contribution in [0.15, 0.2) is 42.9 Å². The fraction of sp³-hybridized carbons (Fsp3) is 0.250. The Kier molecular flexibility index (Phi) is 3.56. The molecule has 1 unspecified atom stereocenters. The maximum Gasteiger partial charge on any atom is 0.259 e. The van der Waals surface area contributed by atoms with Gasteiger partial charge < -0.3 is 9.64 Å². The molecule has 8 heteroatoms. The van der Waals surface area contributed by atoms with Crippen LogP contribution in [-0.4, -0.2) is 49.6 Å². The van der Waals surface area contributed by atoms with Gasteiger partial charge in [0.05, 0.1) is 12.7 Å². The van der Waals surface area contributed by atoms with Crippen LogP contribution in [0.2, 0.25) is 0 Å². The number of halogens is 1. The Morgan fingerprint density at radius 3 is 3.12 bits per heavy atom. The van der Waals surface area contributed by atoms with Crippen LogP contribution >= 0.6 is 0 Å². The minimum atomic E-state index is -0.587. The minimum Gasteiger partial charge on any atom is -0.472 e. The molecular weight excluding hydrogens is 313 g/mol. The summed E-state index contributed by atoms with van der Waals surface area (Å²) >= 11 is 0. The zero-order chi connectivity index (χ0) is 16.5. The lowest BCUT2D eigenvalue weighted by molar-refractivity contribution is 0.0772. The molecule has 0 spiro atoms. The van der Waals surface area contributed by atoms with Crippen molar-refractivity contribution in [3.05, 3.63) is 54.4 Å². The van der Waals surface area contributed by atoms with Crippen molar-refractivity contribution in [2.24, 2.45) is 0 Å². The molecule has 1 atom stereocenters. The van der Waals surface area contributed by atoms with Gasteiger partial charge in [0.2, 0.25) is 11.8 Å². The van der Waals surface area contributed by atoms with E-state index in [0.29, 0.717) is 30.7 Å². The second-order valence-corrected chi connectivity index (χ2v) is 5.52. The number of likely N-dealkylation sites (tertiary alicyclic amines) is 1. The highest BCUT2D eigenvalue weighted by molar-refractivity contribution is 5.99. The van der Waals surface area contributed by atoms with Gasteiger partial charge in [-0.2, -0.15) is 14.5 Å². The third-order valence-corrected chi connectivity index (χ3v) is 3.92. The number of carbonyl (C=O) groups is 1. The quantitative estimate of drug-likeness (QED) is 0.683. The molecule has 0 saturated carbocycles. The van der Waals surface area contributed by atoms with Crippen molar-refractivity contribution in [1.29, 1.82) is 0 Å². The molecule has 24 heavy (non-hydrogen) atoms. The van der Waals surface area contributed by atoms with E-state index in [1.807, 2.05) is 0 Å². The molecule has 0 N–H and O–H groups in total. The van der Waals surface area contributed by atoms with Crippen molar-refractivity contribution < 1.29 is 13.9 Å². The lowest BCUT2D eigenvalue weighted by Crippen LogP contribution is -2.31. The molecule has 0 aromatic carbocycles. The van der Waals surface area contributed by atoms with Gasteiger partial charge in [-0.1, -0.05) is 6.07 Å². The molecule has 1 fully saturated rings. The Balaban J connectivity index is 1.47. The van der Waals surface area contributed by atoms with Crippen LogP contribution in [-0.2, 0) is 0 Å². The van der Waals surface area contributed by atoms with Crippen LogP contribution in [0.4, 0.5) is 4.39 Å². The molecule has 7 nitrogen and oxygen atoms in total. The van der Waals surface area contributed by atoms with Crippen molar-refractivity contribution in [2.75, 3.05) is 13.1 Å². The summed E-state index contributed by atoms with van der Waals surface area (Å²) in [5.74, 6) is -0.496. The number of hydrogen-bond acceptors (Lipinski definition) is 5. The molecule has 1 amide bonds. The molecule has 0 bridgehead atoms. The zero-order valence-corrected chi connectivity index (χ0v) is 12.7. The highest BCUT2D eigenvalue weighted by Gasteiger charge is 2.30. The van der Waals surface area contributed by atoms with E-state index in [1.165, 1.54) is 12.3 Å². The number of carbonyl (C=O) groups excluding carboxylic acids is 1. The van der Waals surface area contributed by atoms with Crippen LogP contribution in [0.3, 0.4) is 0 Å². The Morgan fingerprint density at radius 2 is 2.25 bits per heavy atom. The van der Waals surface area contributed by atoms with Crippen LogP contribution in [0.25, 0.3) is 5.65 Å². The maximum absolute atomic E-state index is 13.1. The first kappa shape index (κ1) is 14.6. The fourth-order valence-corrected chi connectivity index (χ4v) is 2.78. The molecule has 0 radical (unpaired) electrons. The van der Waals surface area contributed by atoms with E-state index >= 15 is 0 Å². The summed E-state index contributed by atoms with van der Waals surface area (Å²) in [4.78, 5) is 22.2. The standard InChI is InChI=1S/C16H14FN5O2/c17-13-3-1-4-14(20-13)24-11-5-8-21(10-11)16(23)12-9-19-22-7-2-6-18-15(12)22/h1-4,6-7,9,11H,5,8,10H2. The monoisotopic (exact) mass is 327 g/mol. The average Bonchev–Trinajstić information content (AvgIpc) is 3.21. The van der Waals surface area contributed by atoms with Gasteiger partial charge in [-0.3, -0.25) is 4.79 Å². The van der Waals surface area contributed by atoms with Gasteiger partial charge in [0.15, 0.2) is 5.65 Å². The number of nitrogens with zero attached hydrogens (tertiary/aromatic N) is 5. The summed E-state index contributed by atoms with van der Waals surface area (Å²) in [5.41, 5.74) is 0.985. The van der Waals surface area contributed by atoms with E-state index < -0.39 is 5.95 Å². The highest BCUT2D eigenvalue weighted by Crippen LogP contribution is 2.20. The molecule has 122 valence electrons. The first-order valence-electron chi connectivity index (χ1n) is 7.57. The molecule has 1 aliphatic rings. The molecule has 1 aliphatic heterocycles. The molecule has 3 aromatic rings. The number of pyridine rings is 1. The van der Waals surface area contributed by atoms with Gasteiger partial charge in [-0.05, 0) is 12.1 Å². The predicted octanol–water partition coefficient (Wildman–Crippen LogP) is 1.56. The van der Waals surface area contributed by atoms with Crippen molar-refractivity contribution in [1.82, 2.24) is 24.5 Å². The predicted molar refractivity (Wildman–Crippen MR) is 82.1 cm³/mol. The lowest BCUT2D eigenvalue weighted by atomic mass is 10.3. The summed E-state index contributed by atoms with van der Waals surface area (Å²) < 4.78 is 20.3. The Bertz CT molecular complexity index is 897. The van der Waals surface area contributed by atoms with Crippen molar-refractivity contribution >= 4 is 11.6 Å². The van der Waals surface area contributed by atoms with E-state index in [-0.39, 0.29) is 17.9 Å². The Hall–Kier alpha value is -3.03. The van der Waals surface area contributed by atoms with E-state index in [4.69, 9.17) is 4.74 Å². The van der Waals surface area contributed by atoms with Gasteiger partial charge in [0.1, 0.15) is 11.7 Å². The Morgan fingerprint density at radius 1 is 1.33 bits per heavy atom. The van der Waals surface area contributed by atoms with E-state index in [1.54, 1.807) is 40.0 Å². The number of hydrogen-bond donors (Lipinski definition) is 0. The topological polar surface area (TPSA) is 72.6 Å². The second kappa shape index (κ2) is 5.88. The lowest BCUT2D eigenvalue weighted by Gasteiger charge is -2.16. The van der Waals surface area contributed by atoms with E-state index in [0.717, 1.165) is 0 Å².